The first-order valence-corrected chi connectivity index (χ1v) is 11.2. The summed E-state index contributed by atoms with van der Waals surface area (Å²) in [5.74, 6) is -0.790. The van der Waals surface area contributed by atoms with Crippen LogP contribution in [0.5, 0.6) is 0 Å². The zero-order valence-electron chi connectivity index (χ0n) is 15.2. The number of nitrogens with zero attached hydrogens (tertiary/aromatic N) is 1. The molecule has 1 aliphatic heterocycles. The Bertz CT molecular complexity index is 1100. The van der Waals surface area contributed by atoms with Gasteiger partial charge in [0.15, 0.2) is 0 Å². The van der Waals surface area contributed by atoms with Crippen LogP contribution in [-0.4, -0.2) is 35.5 Å². The van der Waals surface area contributed by atoms with E-state index < -0.39 is 22.0 Å². The number of amides is 2. The maximum Gasteiger partial charge on any atom is 0.266 e. The molecule has 1 unspecified atom stereocenters. The summed E-state index contributed by atoms with van der Waals surface area (Å²) in [6.45, 7) is 1.57. The SMILES string of the molecule is CC(C(=O)Nc1ccc(S(N)(=O)=O)cc1)N1C(=O)/C(=C/c2ccccc2)SC1=S. The smallest absolute Gasteiger partial charge is 0.266 e. The Labute approximate surface area is 178 Å². The molecular weight excluding hydrogens is 430 g/mol. The minimum absolute atomic E-state index is 0.0634. The van der Waals surface area contributed by atoms with Crippen LogP contribution in [0.15, 0.2) is 64.4 Å². The van der Waals surface area contributed by atoms with Crippen LogP contribution in [0.4, 0.5) is 5.69 Å². The summed E-state index contributed by atoms with van der Waals surface area (Å²) in [5, 5.41) is 7.70. The number of nitrogens with two attached hydrogens (primary N) is 1. The summed E-state index contributed by atoms with van der Waals surface area (Å²) < 4.78 is 22.9. The number of anilines is 1. The molecule has 0 spiro atoms. The van der Waals surface area contributed by atoms with Gasteiger partial charge in [-0.25, -0.2) is 13.6 Å². The average molecular weight is 448 g/mol. The third-order valence-electron chi connectivity index (χ3n) is 4.14. The summed E-state index contributed by atoms with van der Waals surface area (Å²) in [7, 11) is -3.82. The van der Waals surface area contributed by atoms with Crippen molar-refractivity contribution < 1.29 is 18.0 Å². The molecule has 1 saturated heterocycles. The molecule has 1 heterocycles. The van der Waals surface area contributed by atoms with Gasteiger partial charge >= 0.3 is 0 Å². The maximum absolute atomic E-state index is 12.8. The summed E-state index contributed by atoms with van der Waals surface area (Å²) in [6.07, 6.45) is 1.73. The highest BCUT2D eigenvalue weighted by Crippen LogP contribution is 2.34. The van der Waals surface area contributed by atoms with Gasteiger partial charge in [0.25, 0.3) is 5.91 Å². The first-order valence-electron chi connectivity index (χ1n) is 8.42. The van der Waals surface area contributed by atoms with Crippen molar-refractivity contribution in [1.29, 1.82) is 0 Å². The van der Waals surface area contributed by atoms with E-state index in [0.29, 0.717) is 14.9 Å². The molecule has 1 aliphatic rings. The average Bonchev–Trinajstić information content (AvgIpc) is 2.95. The Balaban J connectivity index is 1.73. The largest absolute Gasteiger partial charge is 0.324 e. The lowest BCUT2D eigenvalue weighted by Gasteiger charge is -2.22. The van der Waals surface area contributed by atoms with Gasteiger partial charge in [-0.3, -0.25) is 14.5 Å². The lowest BCUT2D eigenvalue weighted by molar-refractivity contribution is -0.129. The summed E-state index contributed by atoms with van der Waals surface area (Å²) in [4.78, 5) is 27.0. The number of carbonyl (C=O) groups excluding carboxylic acids is 2. The molecule has 2 aromatic carbocycles. The Kier molecular flexibility index (Phi) is 6.18. The monoisotopic (exact) mass is 447 g/mol. The molecule has 2 aromatic rings. The fourth-order valence-electron chi connectivity index (χ4n) is 2.61. The van der Waals surface area contributed by atoms with Gasteiger partial charge in [0, 0.05) is 5.69 Å². The van der Waals surface area contributed by atoms with E-state index in [9.17, 15) is 18.0 Å². The van der Waals surface area contributed by atoms with E-state index in [1.165, 1.54) is 29.2 Å². The molecule has 3 N–H and O–H groups in total. The summed E-state index contributed by atoms with van der Waals surface area (Å²) >= 11 is 6.44. The van der Waals surface area contributed by atoms with E-state index in [1.807, 2.05) is 30.3 Å². The van der Waals surface area contributed by atoms with Crippen LogP contribution < -0.4 is 10.5 Å². The number of thiocarbonyl (C=S) groups is 1. The van der Waals surface area contributed by atoms with E-state index in [1.54, 1.807) is 13.0 Å². The highest BCUT2D eigenvalue weighted by atomic mass is 32.2. The van der Waals surface area contributed by atoms with Gasteiger partial charge in [0.1, 0.15) is 10.4 Å². The van der Waals surface area contributed by atoms with Gasteiger partial charge < -0.3 is 5.32 Å². The molecule has 2 amide bonds. The second-order valence-electron chi connectivity index (χ2n) is 6.20. The van der Waals surface area contributed by atoms with Crippen molar-refractivity contribution in [1.82, 2.24) is 4.90 Å². The minimum atomic E-state index is -3.82. The third-order valence-corrected chi connectivity index (χ3v) is 6.40. The minimum Gasteiger partial charge on any atom is -0.324 e. The van der Waals surface area contributed by atoms with Crippen molar-refractivity contribution in [3.8, 4) is 0 Å². The Morgan fingerprint density at radius 3 is 2.38 bits per heavy atom. The number of hydrogen-bond donors (Lipinski definition) is 2. The molecule has 10 heteroatoms. The van der Waals surface area contributed by atoms with Crippen molar-refractivity contribution in [2.45, 2.75) is 17.9 Å². The Hall–Kier alpha value is -2.53. The fourth-order valence-corrected chi connectivity index (χ4v) is 4.54. The highest BCUT2D eigenvalue weighted by molar-refractivity contribution is 8.26. The molecule has 0 aliphatic carbocycles. The zero-order valence-corrected chi connectivity index (χ0v) is 17.7. The van der Waals surface area contributed by atoms with Gasteiger partial charge in [-0.05, 0) is 42.8 Å². The fraction of sp³-hybridized carbons (Fsp3) is 0.105. The van der Waals surface area contributed by atoms with Crippen LogP contribution in [-0.2, 0) is 19.6 Å². The van der Waals surface area contributed by atoms with E-state index in [4.69, 9.17) is 17.4 Å². The molecule has 1 atom stereocenters. The Morgan fingerprint density at radius 2 is 1.79 bits per heavy atom. The lowest BCUT2D eigenvalue weighted by atomic mass is 10.2. The van der Waals surface area contributed by atoms with Crippen LogP contribution in [0.3, 0.4) is 0 Å². The topological polar surface area (TPSA) is 110 Å². The molecule has 0 bridgehead atoms. The number of benzene rings is 2. The molecular formula is C19H17N3O4S3. The molecule has 1 fully saturated rings. The second-order valence-corrected chi connectivity index (χ2v) is 9.43. The van der Waals surface area contributed by atoms with E-state index in [0.717, 1.165) is 17.3 Å². The molecule has 0 radical (unpaired) electrons. The molecule has 0 aromatic heterocycles. The van der Waals surface area contributed by atoms with Gasteiger partial charge in [-0.15, -0.1) is 0 Å². The van der Waals surface area contributed by atoms with E-state index >= 15 is 0 Å². The number of carbonyl (C=O) groups is 2. The van der Waals surface area contributed by atoms with Crippen LogP contribution >= 0.6 is 24.0 Å². The summed E-state index contributed by atoms with van der Waals surface area (Å²) in [6, 6.07) is 13.9. The van der Waals surface area contributed by atoms with Crippen molar-refractivity contribution in [3.05, 3.63) is 65.1 Å². The van der Waals surface area contributed by atoms with Crippen molar-refractivity contribution in [2.75, 3.05) is 5.32 Å². The van der Waals surface area contributed by atoms with E-state index in [2.05, 4.69) is 5.32 Å². The molecule has 150 valence electrons. The molecule has 29 heavy (non-hydrogen) atoms. The predicted octanol–water partition coefficient (Wildman–Crippen LogP) is 2.56. The van der Waals surface area contributed by atoms with Crippen LogP contribution in [0.1, 0.15) is 12.5 Å². The van der Waals surface area contributed by atoms with Crippen molar-refractivity contribution >= 4 is 61.9 Å². The van der Waals surface area contributed by atoms with Crippen molar-refractivity contribution in [3.63, 3.8) is 0 Å². The number of nitrogens with one attached hydrogen (secondary N) is 1. The summed E-state index contributed by atoms with van der Waals surface area (Å²) in [5.41, 5.74) is 1.24. The van der Waals surface area contributed by atoms with Gasteiger partial charge in [0.05, 0.1) is 9.80 Å². The number of sulfonamides is 1. The number of primary sulfonamides is 1. The third kappa shape index (κ3) is 4.91. The number of thioether (sulfide) groups is 1. The molecule has 0 saturated carbocycles. The molecule has 3 rings (SSSR count). The quantitative estimate of drug-likeness (QED) is 0.539. The first kappa shape index (κ1) is 21.2. The van der Waals surface area contributed by atoms with Crippen LogP contribution in [0, 0.1) is 0 Å². The standard InChI is InChI=1S/C19H17N3O4S3/c1-12(17(23)21-14-7-9-15(10-8-14)29(20,25)26)22-18(24)16(28-19(22)27)11-13-5-3-2-4-6-13/h2-12H,1H3,(H,21,23)(H2,20,25,26)/b16-11-. The maximum atomic E-state index is 12.8. The van der Waals surface area contributed by atoms with Gasteiger partial charge in [0.2, 0.25) is 15.9 Å². The van der Waals surface area contributed by atoms with Crippen molar-refractivity contribution in [2.24, 2.45) is 5.14 Å². The Morgan fingerprint density at radius 1 is 1.17 bits per heavy atom. The lowest BCUT2D eigenvalue weighted by Crippen LogP contribution is -2.44. The number of rotatable bonds is 5. The number of hydrogen-bond acceptors (Lipinski definition) is 6. The van der Waals surface area contributed by atoms with Gasteiger partial charge in [-0.1, -0.05) is 54.3 Å². The van der Waals surface area contributed by atoms with E-state index in [-0.39, 0.29) is 10.8 Å². The zero-order chi connectivity index (χ0) is 21.2. The predicted molar refractivity (Wildman–Crippen MR) is 117 cm³/mol. The normalized spacial score (nSPS) is 16.9. The first-order chi connectivity index (χ1) is 13.7. The van der Waals surface area contributed by atoms with Gasteiger partial charge in [-0.2, -0.15) is 0 Å². The van der Waals surface area contributed by atoms with Crippen LogP contribution in [0.2, 0.25) is 0 Å². The highest BCUT2D eigenvalue weighted by Gasteiger charge is 2.38. The van der Waals surface area contributed by atoms with Crippen LogP contribution in [0.25, 0.3) is 6.08 Å². The second kappa shape index (κ2) is 8.46. The molecule has 7 nitrogen and oxygen atoms in total.